The Balaban J connectivity index is 2.47. The Morgan fingerprint density at radius 3 is 2.59 bits per heavy atom. The van der Waals surface area contributed by atoms with E-state index >= 15 is 0 Å². The van der Waals surface area contributed by atoms with E-state index in [0.717, 1.165) is 17.4 Å². The number of aryl methyl sites for hydroxylation is 1. The van der Waals surface area contributed by atoms with Crippen molar-refractivity contribution in [1.29, 1.82) is 0 Å². The van der Waals surface area contributed by atoms with Crippen molar-refractivity contribution >= 4 is 34.6 Å². The zero-order valence-corrected chi connectivity index (χ0v) is 16.6. The number of nitrogens with zero attached hydrogens (tertiary/aromatic N) is 2. The molecule has 0 fully saturated rings. The molecule has 0 amide bonds. The van der Waals surface area contributed by atoms with E-state index in [1.807, 2.05) is 26.8 Å². The van der Waals surface area contributed by atoms with E-state index in [0.29, 0.717) is 11.3 Å². The smallest absolute Gasteiger partial charge is 0.300 e. The summed E-state index contributed by atoms with van der Waals surface area (Å²) in [6, 6.07) is 4.37. The van der Waals surface area contributed by atoms with Crippen LogP contribution in [0, 0.1) is 4.77 Å². The zero-order chi connectivity index (χ0) is 19.9. The van der Waals surface area contributed by atoms with Gasteiger partial charge in [-0.05, 0) is 50.2 Å². The molecule has 0 aliphatic carbocycles. The van der Waals surface area contributed by atoms with Gasteiger partial charge >= 0.3 is 6.18 Å². The van der Waals surface area contributed by atoms with Crippen molar-refractivity contribution < 1.29 is 13.2 Å². The maximum absolute atomic E-state index is 13.8. The summed E-state index contributed by atoms with van der Waals surface area (Å²) in [5, 5.41) is -0.479. The van der Waals surface area contributed by atoms with E-state index in [9.17, 15) is 18.0 Å². The quantitative estimate of drug-likeness (QED) is 0.555. The summed E-state index contributed by atoms with van der Waals surface area (Å²) in [7, 11) is 0. The van der Waals surface area contributed by atoms with Crippen LogP contribution >= 0.6 is 23.6 Å². The zero-order valence-electron chi connectivity index (χ0n) is 15.0. The van der Waals surface area contributed by atoms with Crippen LogP contribution in [0.5, 0.6) is 0 Å². The molecule has 0 aliphatic rings. The molecule has 3 rings (SSSR count). The van der Waals surface area contributed by atoms with Crippen LogP contribution in [0.2, 0.25) is 0 Å². The summed E-state index contributed by atoms with van der Waals surface area (Å²) in [5.74, 6) is 0. The number of H-pyrrole nitrogens is 1. The summed E-state index contributed by atoms with van der Waals surface area (Å²) in [5.41, 5.74) is -1.71. The fourth-order valence-corrected chi connectivity index (χ4v) is 4.16. The standard InChI is InChI=1S/C18H18F3N3OS2/c1-4-9(3)24-15-14(16(25)23-17(24)26)11(18(19,20)21)8-12(22-15)13-7-6-10(5-2)27-13/h6-9H,4-5H2,1-3H3,(H,23,25,26). The molecule has 3 aromatic rings. The highest BCUT2D eigenvalue weighted by Crippen LogP contribution is 2.37. The molecule has 3 aromatic heterocycles. The highest BCUT2D eigenvalue weighted by Gasteiger charge is 2.36. The molecule has 0 saturated heterocycles. The molecule has 0 bridgehead atoms. The van der Waals surface area contributed by atoms with Gasteiger partial charge in [-0.1, -0.05) is 13.8 Å². The predicted octanol–water partition coefficient (Wildman–Crippen LogP) is 5.73. The van der Waals surface area contributed by atoms with E-state index < -0.39 is 22.7 Å². The van der Waals surface area contributed by atoms with Crippen molar-refractivity contribution in [2.24, 2.45) is 0 Å². The van der Waals surface area contributed by atoms with Crippen molar-refractivity contribution in [2.45, 2.75) is 45.8 Å². The monoisotopic (exact) mass is 413 g/mol. The van der Waals surface area contributed by atoms with Gasteiger partial charge in [-0.25, -0.2) is 4.98 Å². The second-order valence-electron chi connectivity index (χ2n) is 6.26. The maximum atomic E-state index is 13.8. The maximum Gasteiger partial charge on any atom is 0.417 e. The highest BCUT2D eigenvalue weighted by molar-refractivity contribution is 7.71. The van der Waals surface area contributed by atoms with Crippen LogP contribution in [-0.4, -0.2) is 14.5 Å². The van der Waals surface area contributed by atoms with Gasteiger partial charge in [0.1, 0.15) is 5.65 Å². The van der Waals surface area contributed by atoms with Gasteiger partial charge < -0.3 is 0 Å². The minimum absolute atomic E-state index is 0.0330. The molecule has 1 unspecified atom stereocenters. The first-order valence-corrected chi connectivity index (χ1v) is 9.75. The molecule has 0 aliphatic heterocycles. The van der Waals surface area contributed by atoms with Gasteiger partial charge in [0.2, 0.25) is 0 Å². The van der Waals surface area contributed by atoms with E-state index in [-0.39, 0.29) is 22.2 Å². The fraction of sp³-hybridized carbons (Fsp3) is 0.389. The van der Waals surface area contributed by atoms with Crippen LogP contribution in [0.25, 0.3) is 21.6 Å². The Bertz CT molecular complexity index is 1110. The van der Waals surface area contributed by atoms with Crippen LogP contribution in [0.1, 0.15) is 43.7 Å². The first kappa shape index (κ1) is 19.8. The average Bonchev–Trinajstić information content (AvgIpc) is 3.08. The van der Waals surface area contributed by atoms with E-state index in [1.54, 1.807) is 6.07 Å². The minimum atomic E-state index is -4.69. The highest BCUT2D eigenvalue weighted by atomic mass is 32.1. The molecule has 1 atom stereocenters. The summed E-state index contributed by atoms with van der Waals surface area (Å²) >= 11 is 6.61. The predicted molar refractivity (Wildman–Crippen MR) is 104 cm³/mol. The molecule has 0 saturated carbocycles. The fourth-order valence-electron chi connectivity index (χ4n) is 2.89. The molecular formula is C18H18F3N3OS2. The first-order valence-electron chi connectivity index (χ1n) is 8.53. The molecule has 0 spiro atoms. The lowest BCUT2D eigenvalue weighted by Crippen LogP contribution is -2.22. The lowest BCUT2D eigenvalue weighted by molar-refractivity contribution is -0.136. The van der Waals surface area contributed by atoms with Crippen molar-refractivity contribution in [3.05, 3.63) is 43.8 Å². The lowest BCUT2D eigenvalue weighted by atomic mass is 10.1. The minimum Gasteiger partial charge on any atom is -0.300 e. The van der Waals surface area contributed by atoms with Gasteiger partial charge in [0.25, 0.3) is 5.56 Å². The molecule has 0 aromatic carbocycles. The van der Waals surface area contributed by atoms with E-state index in [1.165, 1.54) is 15.9 Å². The topological polar surface area (TPSA) is 50.7 Å². The Labute approximate surface area is 162 Å². The molecule has 0 radical (unpaired) electrons. The van der Waals surface area contributed by atoms with Crippen LogP contribution in [0.3, 0.4) is 0 Å². The molecule has 144 valence electrons. The van der Waals surface area contributed by atoms with Crippen molar-refractivity contribution in [2.75, 3.05) is 0 Å². The molecule has 1 N–H and O–H groups in total. The number of aromatic amines is 1. The number of rotatable bonds is 4. The number of hydrogen-bond acceptors (Lipinski definition) is 4. The number of thiophene rings is 1. The number of fused-ring (bicyclic) bond motifs is 1. The average molecular weight is 413 g/mol. The Kier molecular flexibility index (Phi) is 5.27. The largest absolute Gasteiger partial charge is 0.417 e. The normalized spacial score (nSPS) is 13.3. The molecule has 3 heterocycles. The number of nitrogens with one attached hydrogen (secondary N) is 1. The Morgan fingerprint density at radius 2 is 2.04 bits per heavy atom. The number of pyridine rings is 1. The molecule has 9 heteroatoms. The van der Waals surface area contributed by atoms with Gasteiger partial charge in [-0.2, -0.15) is 13.2 Å². The SMILES string of the molecule is CCc1ccc(-c2cc(C(F)(F)F)c3c(=O)[nH]c(=S)n(C(C)CC)c3n2)s1. The lowest BCUT2D eigenvalue weighted by Gasteiger charge is -2.19. The van der Waals surface area contributed by atoms with Gasteiger partial charge in [-0.15, -0.1) is 11.3 Å². The van der Waals surface area contributed by atoms with Gasteiger partial charge in [0, 0.05) is 10.9 Å². The summed E-state index contributed by atoms with van der Waals surface area (Å²) in [6.07, 6.45) is -3.28. The third-order valence-corrected chi connectivity index (χ3v) is 6.05. The van der Waals surface area contributed by atoms with E-state index in [2.05, 4.69) is 9.97 Å². The second-order valence-corrected chi connectivity index (χ2v) is 7.81. The number of alkyl halides is 3. The number of hydrogen-bond donors (Lipinski definition) is 1. The molecular weight excluding hydrogens is 395 g/mol. The van der Waals surface area contributed by atoms with E-state index in [4.69, 9.17) is 12.2 Å². The Morgan fingerprint density at radius 1 is 1.33 bits per heavy atom. The summed E-state index contributed by atoms with van der Waals surface area (Å²) in [4.78, 5) is 20.8. The van der Waals surface area contributed by atoms with Crippen molar-refractivity contribution in [3.63, 3.8) is 0 Å². The summed E-state index contributed by atoms with van der Waals surface area (Å²) < 4.78 is 42.9. The van der Waals surface area contributed by atoms with Crippen LogP contribution in [-0.2, 0) is 12.6 Å². The van der Waals surface area contributed by atoms with Gasteiger partial charge in [0.05, 0.1) is 21.5 Å². The second kappa shape index (κ2) is 7.20. The van der Waals surface area contributed by atoms with Gasteiger partial charge in [0.15, 0.2) is 4.77 Å². The Hall–Kier alpha value is -2.00. The van der Waals surface area contributed by atoms with Crippen molar-refractivity contribution in [3.8, 4) is 10.6 Å². The number of aromatic nitrogens is 3. The first-order chi connectivity index (χ1) is 12.7. The van der Waals surface area contributed by atoms with Crippen LogP contribution in [0.4, 0.5) is 13.2 Å². The van der Waals surface area contributed by atoms with Crippen molar-refractivity contribution in [1.82, 2.24) is 14.5 Å². The van der Waals surface area contributed by atoms with Gasteiger partial charge in [-0.3, -0.25) is 14.3 Å². The third-order valence-electron chi connectivity index (χ3n) is 4.49. The van der Waals surface area contributed by atoms with Crippen LogP contribution in [0.15, 0.2) is 23.0 Å². The molecule has 27 heavy (non-hydrogen) atoms. The van der Waals surface area contributed by atoms with Crippen LogP contribution < -0.4 is 5.56 Å². The molecule has 4 nitrogen and oxygen atoms in total. The summed E-state index contributed by atoms with van der Waals surface area (Å²) in [6.45, 7) is 5.70. The number of halogens is 3. The third kappa shape index (κ3) is 3.58.